The van der Waals surface area contributed by atoms with E-state index in [2.05, 4.69) is 0 Å². The van der Waals surface area contributed by atoms with Gasteiger partial charge < -0.3 is 5.11 Å². The number of benzene rings is 1. The number of hydrogen-bond acceptors (Lipinski definition) is 3. The highest BCUT2D eigenvalue weighted by Crippen LogP contribution is 2.28. The lowest BCUT2D eigenvalue weighted by Gasteiger charge is -2.02. The molecule has 13 heavy (non-hydrogen) atoms. The summed E-state index contributed by atoms with van der Waals surface area (Å²) in [6.07, 6.45) is 0. The summed E-state index contributed by atoms with van der Waals surface area (Å²) < 4.78 is 0. The average molecular weight is 177 g/mol. The summed E-state index contributed by atoms with van der Waals surface area (Å²) in [5.74, 6) is -0.950. The van der Waals surface area contributed by atoms with Crippen molar-refractivity contribution in [2.45, 2.75) is 0 Å². The molecule has 66 valence electrons. The molecule has 1 aromatic carbocycles. The van der Waals surface area contributed by atoms with Gasteiger partial charge in [0.2, 0.25) is 0 Å². The topological polar surface area (TPSA) is 57.6 Å². The minimum Gasteiger partial charge on any atom is -0.507 e. The van der Waals surface area contributed by atoms with Gasteiger partial charge in [-0.05, 0) is 12.1 Å². The lowest BCUT2D eigenvalue weighted by atomic mass is 10.1. The van der Waals surface area contributed by atoms with E-state index in [4.69, 9.17) is 0 Å². The molecular weight excluding hydrogens is 170 g/mol. The first-order valence-electron chi connectivity index (χ1n) is 3.77. The Morgan fingerprint density at radius 1 is 1.23 bits per heavy atom. The summed E-state index contributed by atoms with van der Waals surface area (Å²) >= 11 is 0. The normalized spacial score (nSPS) is 15.0. The van der Waals surface area contributed by atoms with Crippen molar-refractivity contribution in [1.82, 2.24) is 4.90 Å². The number of aromatic hydroxyl groups is 1. The van der Waals surface area contributed by atoms with E-state index in [0.717, 1.165) is 4.90 Å². The van der Waals surface area contributed by atoms with Gasteiger partial charge in [-0.15, -0.1) is 0 Å². The smallest absolute Gasteiger partial charge is 0.265 e. The SMILES string of the molecule is CN1C(=O)c2cccc(O)c2C1=O. The molecule has 1 aromatic rings. The van der Waals surface area contributed by atoms with E-state index in [1.54, 1.807) is 6.07 Å². The van der Waals surface area contributed by atoms with Crippen LogP contribution in [0, 0.1) is 0 Å². The minimum absolute atomic E-state index is 0.106. The van der Waals surface area contributed by atoms with Gasteiger partial charge in [0.1, 0.15) is 5.75 Å². The minimum atomic E-state index is -0.446. The molecule has 0 atom stereocenters. The van der Waals surface area contributed by atoms with Crippen molar-refractivity contribution in [2.24, 2.45) is 0 Å². The average Bonchev–Trinajstić information content (AvgIpc) is 2.33. The molecule has 4 heteroatoms. The van der Waals surface area contributed by atoms with Crippen LogP contribution in [0.5, 0.6) is 5.75 Å². The molecule has 0 saturated heterocycles. The first-order valence-corrected chi connectivity index (χ1v) is 3.77. The second-order valence-corrected chi connectivity index (χ2v) is 2.87. The van der Waals surface area contributed by atoms with Gasteiger partial charge in [-0.2, -0.15) is 0 Å². The molecule has 4 nitrogen and oxygen atoms in total. The standard InChI is InChI=1S/C9H7NO3/c1-10-8(12)5-3-2-4-6(11)7(5)9(10)13/h2-4,11H,1H3. The molecule has 2 amide bonds. The van der Waals surface area contributed by atoms with Crippen LogP contribution in [-0.2, 0) is 0 Å². The quantitative estimate of drug-likeness (QED) is 0.591. The Kier molecular flexibility index (Phi) is 1.39. The van der Waals surface area contributed by atoms with Crippen LogP contribution in [-0.4, -0.2) is 28.9 Å². The zero-order valence-electron chi connectivity index (χ0n) is 6.94. The highest BCUT2D eigenvalue weighted by atomic mass is 16.3. The van der Waals surface area contributed by atoms with Gasteiger partial charge in [0.05, 0.1) is 11.1 Å². The molecule has 0 aliphatic carbocycles. The van der Waals surface area contributed by atoms with Gasteiger partial charge in [-0.3, -0.25) is 14.5 Å². The third-order valence-electron chi connectivity index (χ3n) is 2.10. The van der Waals surface area contributed by atoms with E-state index in [1.165, 1.54) is 19.2 Å². The van der Waals surface area contributed by atoms with Crippen LogP contribution in [0.25, 0.3) is 0 Å². The molecule has 0 spiro atoms. The molecule has 0 bridgehead atoms. The third-order valence-corrected chi connectivity index (χ3v) is 2.10. The number of fused-ring (bicyclic) bond motifs is 1. The maximum atomic E-state index is 11.4. The molecule has 0 saturated carbocycles. The van der Waals surface area contributed by atoms with Gasteiger partial charge in [-0.1, -0.05) is 6.07 Å². The van der Waals surface area contributed by atoms with E-state index in [0.29, 0.717) is 0 Å². The number of amides is 2. The van der Waals surface area contributed by atoms with Gasteiger partial charge in [0, 0.05) is 7.05 Å². The molecular formula is C9H7NO3. The molecule has 0 fully saturated rings. The van der Waals surface area contributed by atoms with Crippen molar-refractivity contribution in [3.05, 3.63) is 29.3 Å². The summed E-state index contributed by atoms with van der Waals surface area (Å²) in [7, 11) is 1.39. The van der Waals surface area contributed by atoms with Crippen LogP contribution in [0.3, 0.4) is 0 Å². The Bertz CT molecular complexity index is 411. The molecule has 0 aromatic heterocycles. The van der Waals surface area contributed by atoms with Crippen LogP contribution in [0.15, 0.2) is 18.2 Å². The first kappa shape index (κ1) is 7.79. The van der Waals surface area contributed by atoms with E-state index >= 15 is 0 Å². The van der Waals surface area contributed by atoms with Crippen molar-refractivity contribution in [1.29, 1.82) is 0 Å². The zero-order valence-corrected chi connectivity index (χ0v) is 6.94. The molecule has 0 unspecified atom stereocenters. The van der Waals surface area contributed by atoms with Crippen molar-refractivity contribution in [3.8, 4) is 5.75 Å². The fourth-order valence-corrected chi connectivity index (χ4v) is 1.38. The second kappa shape index (κ2) is 2.32. The number of phenols is 1. The van der Waals surface area contributed by atoms with E-state index < -0.39 is 5.91 Å². The van der Waals surface area contributed by atoms with Gasteiger partial charge in [0.15, 0.2) is 0 Å². The molecule has 1 heterocycles. The zero-order chi connectivity index (χ0) is 9.59. The molecule has 1 aliphatic heterocycles. The lowest BCUT2D eigenvalue weighted by Crippen LogP contribution is -2.24. The van der Waals surface area contributed by atoms with E-state index in [-0.39, 0.29) is 22.8 Å². The number of nitrogens with zero attached hydrogens (tertiary/aromatic N) is 1. The Hall–Kier alpha value is -1.84. The van der Waals surface area contributed by atoms with Crippen LogP contribution < -0.4 is 0 Å². The van der Waals surface area contributed by atoms with Crippen LogP contribution >= 0.6 is 0 Å². The van der Waals surface area contributed by atoms with E-state index in [9.17, 15) is 14.7 Å². The lowest BCUT2D eigenvalue weighted by molar-refractivity contribution is 0.0692. The van der Waals surface area contributed by atoms with Gasteiger partial charge in [-0.25, -0.2) is 0 Å². The number of hydrogen-bond donors (Lipinski definition) is 1. The number of carbonyl (C=O) groups is 2. The molecule has 2 rings (SSSR count). The Labute approximate surface area is 74.4 Å². The van der Waals surface area contributed by atoms with Crippen molar-refractivity contribution >= 4 is 11.8 Å². The van der Waals surface area contributed by atoms with Crippen molar-refractivity contribution in [2.75, 3.05) is 7.05 Å². The fraction of sp³-hybridized carbons (Fsp3) is 0.111. The van der Waals surface area contributed by atoms with Gasteiger partial charge in [0.25, 0.3) is 11.8 Å². The fourth-order valence-electron chi connectivity index (χ4n) is 1.38. The number of carbonyl (C=O) groups excluding carboxylic acids is 2. The third kappa shape index (κ3) is 0.853. The Balaban J connectivity index is 2.74. The number of imide groups is 1. The van der Waals surface area contributed by atoms with Crippen molar-refractivity contribution in [3.63, 3.8) is 0 Å². The predicted molar refractivity (Wildman–Crippen MR) is 44.5 cm³/mol. The largest absolute Gasteiger partial charge is 0.507 e. The molecule has 0 radical (unpaired) electrons. The Morgan fingerprint density at radius 3 is 2.54 bits per heavy atom. The summed E-state index contributed by atoms with van der Waals surface area (Å²) in [4.78, 5) is 23.7. The second-order valence-electron chi connectivity index (χ2n) is 2.87. The predicted octanol–water partition coefficient (Wildman–Crippen LogP) is 0.618. The van der Waals surface area contributed by atoms with Crippen LogP contribution in [0.1, 0.15) is 20.7 Å². The monoisotopic (exact) mass is 177 g/mol. The van der Waals surface area contributed by atoms with Crippen LogP contribution in [0.4, 0.5) is 0 Å². The first-order chi connectivity index (χ1) is 6.13. The van der Waals surface area contributed by atoms with E-state index in [1.807, 2.05) is 0 Å². The summed E-state index contributed by atoms with van der Waals surface area (Å²) in [6, 6.07) is 4.46. The number of rotatable bonds is 0. The maximum absolute atomic E-state index is 11.4. The van der Waals surface area contributed by atoms with Crippen molar-refractivity contribution < 1.29 is 14.7 Å². The van der Waals surface area contributed by atoms with Crippen LogP contribution in [0.2, 0.25) is 0 Å². The highest BCUT2D eigenvalue weighted by Gasteiger charge is 2.34. The summed E-state index contributed by atoms with van der Waals surface area (Å²) in [5, 5.41) is 9.34. The Morgan fingerprint density at radius 2 is 1.92 bits per heavy atom. The highest BCUT2D eigenvalue weighted by molar-refractivity contribution is 6.22. The summed E-state index contributed by atoms with van der Waals surface area (Å²) in [6.45, 7) is 0. The maximum Gasteiger partial charge on any atom is 0.265 e. The molecule has 1 aliphatic rings. The molecule has 1 N–H and O–H groups in total. The summed E-state index contributed by atoms with van der Waals surface area (Å²) in [5.41, 5.74) is 0.377. The number of phenolic OH excluding ortho intramolecular Hbond substituents is 1. The van der Waals surface area contributed by atoms with Gasteiger partial charge >= 0.3 is 0 Å².